The molecule has 2 atom stereocenters. The van der Waals surface area contributed by atoms with Gasteiger partial charge in [0.2, 0.25) is 0 Å². The smallest absolute Gasteiger partial charge is 0.319 e. The van der Waals surface area contributed by atoms with Crippen molar-refractivity contribution < 1.29 is 18.8 Å². The van der Waals surface area contributed by atoms with Crippen molar-refractivity contribution in [3.05, 3.63) is 34.9 Å². The maximum atomic E-state index is 12.6. The lowest BCUT2D eigenvalue weighted by Gasteiger charge is -2.32. The number of esters is 1. The number of carbonyl (C=O) groups excluding carboxylic acids is 2. The number of ketones is 1. The Balaban J connectivity index is 3.28. The fourth-order valence-electron chi connectivity index (χ4n) is 2.23. The number of hydrogen-bond donors (Lipinski definition) is 0. The molecule has 0 aliphatic carbocycles. The minimum absolute atomic E-state index is 0.276. The second-order valence-electron chi connectivity index (χ2n) is 7.82. The summed E-state index contributed by atoms with van der Waals surface area (Å²) in [5.41, 5.74) is 0.0713. The van der Waals surface area contributed by atoms with Crippen molar-refractivity contribution >= 4 is 31.7 Å². The molecule has 0 fully saturated rings. The van der Waals surface area contributed by atoms with Gasteiger partial charge in [-0.2, -0.15) is 0 Å². The van der Waals surface area contributed by atoms with Gasteiger partial charge in [-0.15, -0.1) is 0 Å². The molecule has 0 aromatic heterocycles. The summed E-state index contributed by atoms with van der Waals surface area (Å²) < 4.78 is 11.6. The average Bonchev–Trinajstić information content (AvgIpc) is 2.34. The molecule has 0 radical (unpaired) electrons. The highest BCUT2D eigenvalue weighted by atomic mass is 35.5. The highest BCUT2D eigenvalue weighted by Crippen LogP contribution is 2.33. The predicted molar refractivity (Wildman–Crippen MR) is 98.6 cm³/mol. The summed E-state index contributed by atoms with van der Waals surface area (Å²) in [6.07, 6.45) is -0.679. The topological polar surface area (TPSA) is 52.6 Å². The zero-order valence-corrected chi connectivity index (χ0v) is 17.2. The first-order chi connectivity index (χ1) is 10.8. The van der Waals surface area contributed by atoms with Gasteiger partial charge in [0.1, 0.15) is 17.3 Å². The number of ether oxygens (including phenoxy) is 1. The molecule has 0 saturated carbocycles. The number of hydrogen-bond acceptors (Lipinski definition) is 4. The normalized spacial score (nSPS) is 14.8. The SMILES string of the molecule is CC(=O)C(C(=O)OC(C)(C)C)C(O[Si](C)(C)C)c1ccc(Cl)cc1. The van der Waals surface area contributed by atoms with Crippen LogP contribution in [-0.4, -0.2) is 25.7 Å². The van der Waals surface area contributed by atoms with Crippen LogP contribution in [0.4, 0.5) is 0 Å². The first kappa shape index (κ1) is 20.9. The quantitative estimate of drug-likeness (QED) is 0.410. The molecule has 0 aliphatic rings. The maximum absolute atomic E-state index is 12.6. The summed E-state index contributed by atoms with van der Waals surface area (Å²) in [6.45, 7) is 12.8. The minimum atomic E-state index is -2.02. The lowest BCUT2D eigenvalue weighted by atomic mass is 9.92. The third-order valence-electron chi connectivity index (χ3n) is 3.08. The zero-order chi connectivity index (χ0) is 18.7. The molecule has 4 nitrogen and oxygen atoms in total. The maximum Gasteiger partial charge on any atom is 0.319 e. The largest absolute Gasteiger partial charge is 0.459 e. The molecule has 0 bridgehead atoms. The van der Waals surface area contributed by atoms with Crippen LogP contribution in [0.3, 0.4) is 0 Å². The Kier molecular flexibility index (Phi) is 6.79. The molecule has 0 N–H and O–H groups in total. The van der Waals surface area contributed by atoms with E-state index in [2.05, 4.69) is 0 Å². The van der Waals surface area contributed by atoms with Gasteiger partial charge >= 0.3 is 5.97 Å². The van der Waals surface area contributed by atoms with Crippen molar-refractivity contribution in [2.45, 2.75) is 59.0 Å². The second kappa shape index (κ2) is 7.81. The van der Waals surface area contributed by atoms with Gasteiger partial charge in [-0.05, 0) is 65.0 Å². The van der Waals surface area contributed by atoms with E-state index in [1.807, 2.05) is 19.6 Å². The molecule has 1 rings (SSSR count). The van der Waals surface area contributed by atoms with E-state index >= 15 is 0 Å². The van der Waals surface area contributed by atoms with Crippen LogP contribution in [-0.2, 0) is 18.8 Å². The predicted octanol–water partition coefficient (Wildman–Crippen LogP) is 4.78. The molecule has 0 aliphatic heterocycles. The lowest BCUT2D eigenvalue weighted by Crippen LogP contribution is -2.40. The van der Waals surface area contributed by atoms with Crippen molar-refractivity contribution in [2.24, 2.45) is 5.92 Å². The summed E-state index contributed by atoms with van der Waals surface area (Å²) in [4.78, 5) is 24.9. The molecular formula is C18H27ClO4Si. The number of benzene rings is 1. The van der Waals surface area contributed by atoms with Crippen LogP contribution in [0.5, 0.6) is 0 Å². The molecule has 0 amide bonds. The number of halogens is 1. The van der Waals surface area contributed by atoms with E-state index in [0.29, 0.717) is 5.02 Å². The number of carbonyl (C=O) groups is 2. The minimum Gasteiger partial charge on any atom is -0.459 e. The Morgan fingerprint density at radius 1 is 1.08 bits per heavy atom. The van der Waals surface area contributed by atoms with Crippen LogP contribution in [0, 0.1) is 5.92 Å². The van der Waals surface area contributed by atoms with Crippen molar-refractivity contribution in [3.63, 3.8) is 0 Å². The van der Waals surface area contributed by atoms with Crippen LogP contribution >= 0.6 is 11.6 Å². The van der Waals surface area contributed by atoms with E-state index in [1.54, 1.807) is 45.0 Å². The summed E-state index contributed by atoms with van der Waals surface area (Å²) in [5.74, 6) is -1.84. The second-order valence-corrected chi connectivity index (χ2v) is 12.7. The Labute approximate surface area is 150 Å². The number of Topliss-reactive ketones (excluding diaryl/α,β-unsaturated/α-hetero) is 1. The van der Waals surface area contributed by atoms with Gasteiger partial charge < -0.3 is 9.16 Å². The summed E-state index contributed by atoms with van der Waals surface area (Å²) in [5, 5.41) is 0.585. The van der Waals surface area contributed by atoms with E-state index in [9.17, 15) is 9.59 Å². The van der Waals surface area contributed by atoms with Crippen LogP contribution in [0.15, 0.2) is 24.3 Å². The van der Waals surface area contributed by atoms with E-state index in [1.165, 1.54) is 6.92 Å². The van der Waals surface area contributed by atoms with E-state index in [4.69, 9.17) is 20.8 Å². The van der Waals surface area contributed by atoms with Crippen molar-refractivity contribution in [1.29, 1.82) is 0 Å². The van der Waals surface area contributed by atoms with E-state index in [0.717, 1.165) is 5.56 Å². The summed E-state index contributed by atoms with van der Waals surface area (Å²) in [7, 11) is -2.02. The highest BCUT2D eigenvalue weighted by molar-refractivity contribution is 6.69. The summed E-state index contributed by atoms with van der Waals surface area (Å²) >= 11 is 5.95. The molecule has 6 heteroatoms. The fourth-order valence-corrected chi connectivity index (χ4v) is 3.39. The molecule has 1 aromatic rings. The zero-order valence-electron chi connectivity index (χ0n) is 15.5. The Hall–Kier alpha value is -1.17. The highest BCUT2D eigenvalue weighted by Gasteiger charge is 2.39. The molecule has 0 saturated heterocycles. The van der Waals surface area contributed by atoms with Crippen molar-refractivity contribution in [3.8, 4) is 0 Å². The van der Waals surface area contributed by atoms with Crippen LogP contribution < -0.4 is 0 Å². The monoisotopic (exact) mass is 370 g/mol. The van der Waals surface area contributed by atoms with Gasteiger partial charge in [-0.3, -0.25) is 9.59 Å². The van der Waals surface area contributed by atoms with Gasteiger partial charge in [-0.25, -0.2) is 0 Å². The Bertz CT molecular complexity index is 585. The average molecular weight is 371 g/mol. The first-order valence-electron chi connectivity index (χ1n) is 7.97. The summed E-state index contributed by atoms with van der Waals surface area (Å²) in [6, 6.07) is 7.02. The molecule has 1 aromatic carbocycles. The van der Waals surface area contributed by atoms with Crippen LogP contribution in [0.25, 0.3) is 0 Å². The Morgan fingerprint density at radius 2 is 1.58 bits per heavy atom. The van der Waals surface area contributed by atoms with Crippen LogP contribution in [0.1, 0.15) is 39.4 Å². The fraction of sp³-hybridized carbons (Fsp3) is 0.556. The van der Waals surface area contributed by atoms with Gasteiger partial charge in [0.15, 0.2) is 8.32 Å². The molecule has 134 valence electrons. The molecule has 2 unspecified atom stereocenters. The van der Waals surface area contributed by atoms with Gasteiger partial charge in [0.05, 0.1) is 6.10 Å². The van der Waals surface area contributed by atoms with E-state index in [-0.39, 0.29) is 5.78 Å². The van der Waals surface area contributed by atoms with Gasteiger partial charge in [0, 0.05) is 5.02 Å². The van der Waals surface area contributed by atoms with Crippen molar-refractivity contribution in [2.75, 3.05) is 0 Å². The number of rotatable bonds is 6. The van der Waals surface area contributed by atoms with Crippen molar-refractivity contribution in [1.82, 2.24) is 0 Å². The van der Waals surface area contributed by atoms with Gasteiger partial charge in [-0.1, -0.05) is 23.7 Å². The standard InChI is InChI=1S/C18H27ClO4Si/c1-12(20)15(17(21)22-18(2,3)4)16(23-24(5,6)7)13-8-10-14(19)11-9-13/h8-11,15-16H,1-7H3. The molecule has 24 heavy (non-hydrogen) atoms. The van der Waals surface area contributed by atoms with Crippen LogP contribution in [0.2, 0.25) is 24.7 Å². The third kappa shape index (κ3) is 6.75. The Morgan fingerprint density at radius 3 is 1.96 bits per heavy atom. The third-order valence-corrected chi connectivity index (χ3v) is 4.29. The van der Waals surface area contributed by atoms with E-state index < -0.39 is 31.9 Å². The molecular weight excluding hydrogens is 344 g/mol. The first-order valence-corrected chi connectivity index (χ1v) is 11.8. The molecule has 0 spiro atoms. The molecule has 0 heterocycles. The van der Waals surface area contributed by atoms with Gasteiger partial charge in [0.25, 0.3) is 0 Å². The lowest BCUT2D eigenvalue weighted by molar-refractivity contribution is -0.165.